The molecule has 0 aromatic rings. The number of rotatable bonds is 0. The third-order valence-electron chi connectivity index (χ3n) is 0. The molecular formula is CH4CoN2O7. The molecule has 0 aliphatic rings. The SMILES string of the molecule is CO.O=[N+]([O-])[O-].O=[N+]([O-])[O-].[Co+2]. The summed E-state index contributed by atoms with van der Waals surface area (Å²) >= 11 is 0. The Hall–Kier alpha value is -1.13. The van der Waals surface area contributed by atoms with Crippen molar-refractivity contribution in [1.82, 2.24) is 0 Å². The van der Waals surface area contributed by atoms with E-state index in [1.54, 1.807) is 0 Å². The maximum Gasteiger partial charge on any atom is 2.00 e. The monoisotopic (exact) mass is 215 g/mol. The smallest absolute Gasteiger partial charge is 0.400 e. The van der Waals surface area contributed by atoms with E-state index in [1.165, 1.54) is 0 Å². The first-order valence-corrected chi connectivity index (χ1v) is 1.54. The molecule has 10 heteroatoms. The van der Waals surface area contributed by atoms with Gasteiger partial charge in [-0.15, -0.1) is 0 Å². The molecule has 0 aliphatic carbocycles. The van der Waals surface area contributed by atoms with E-state index in [4.69, 9.17) is 35.7 Å². The van der Waals surface area contributed by atoms with Crippen LogP contribution < -0.4 is 0 Å². The van der Waals surface area contributed by atoms with E-state index in [-0.39, 0.29) is 16.8 Å². The molecule has 0 bridgehead atoms. The van der Waals surface area contributed by atoms with Crippen LogP contribution in [-0.2, 0) is 16.8 Å². The second-order valence-corrected chi connectivity index (χ2v) is 0.447. The summed E-state index contributed by atoms with van der Waals surface area (Å²) in [4.78, 5) is 16.5. The van der Waals surface area contributed by atoms with Crippen LogP contribution in [0.1, 0.15) is 0 Å². The first kappa shape index (κ1) is 22.5. The minimum atomic E-state index is -1.75. The van der Waals surface area contributed by atoms with Gasteiger partial charge in [-0.3, -0.25) is 0 Å². The zero-order chi connectivity index (χ0) is 9.15. The van der Waals surface area contributed by atoms with Crippen LogP contribution in [0, 0.1) is 30.6 Å². The second kappa shape index (κ2) is 23.2. The predicted octanol–water partition coefficient (Wildman–Crippen LogP) is -0.872. The van der Waals surface area contributed by atoms with Crippen molar-refractivity contribution < 1.29 is 32.1 Å². The van der Waals surface area contributed by atoms with Gasteiger partial charge in [0.2, 0.25) is 0 Å². The molecule has 1 radical (unpaired) electrons. The molecular weight excluding hydrogens is 211 g/mol. The van der Waals surface area contributed by atoms with Crippen molar-refractivity contribution in [3.05, 3.63) is 30.6 Å². The van der Waals surface area contributed by atoms with E-state index in [2.05, 4.69) is 0 Å². The maximum atomic E-state index is 8.25. The quantitative estimate of drug-likeness (QED) is 0.406. The summed E-state index contributed by atoms with van der Waals surface area (Å²) in [6.45, 7) is 0. The average molecular weight is 215 g/mol. The van der Waals surface area contributed by atoms with E-state index in [0.29, 0.717) is 0 Å². The number of hydrogen-bond donors (Lipinski definition) is 1. The van der Waals surface area contributed by atoms with Crippen molar-refractivity contribution in [3.63, 3.8) is 0 Å². The maximum absolute atomic E-state index is 8.25. The van der Waals surface area contributed by atoms with Crippen LogP contribution in [0.15, 0.2) is 0 Å². The fourth-order valence-corrected chi connectivity index (χ4v) is 0. The first-order valence-electron chi connectivity index (χ1n) is 1.54. The summed E-state index contributed by atoms with van der Waals surface area (Å²) in [7, 11) is 1.00. The zero-order valence-electron chi connectivity index (χ0n) is 5.12. The van der Waals surface area contributed by atoms with Crippen molar-refractivity contribution in [2.45, 2.75) is 0 Å². The van der Waals surface area contributed by atoms with Gasteiger partial charge in [-0.1, -0.05) is 0 Å². The minimum absolute atomic E-state index is 0. The minimum Gasteiger partial charge on any atom is -0.400 e. The largest absolute Gasteiger partial charge is 2.00 e. The molecule has 0 fully saturated rings. The number of nitrogens with zero attached hydrogens (tertiary/aromatic N) is 2. The van der Waals surface area contributed by atoms with E-state index in [0.717, 1.165) is 7.11 Å². The van der Waals surface area contributed by atoms with Crippen LogP contribution in [-0.4, -0.2) is 22.4 Å². The molecule has 1 N–H and O–H groups in total. The molecule has 0 aromatic carbocycles. The molecule has 11 heavy (non-hydrogen) atoms. The van der Waals surface area contributed by atoms with Crippen molar-refractivity contribution in [1.29, 1.82) is 0 Å². The number of aliphatic hydroxyl groups is 1. The molecule has 0 heterocycles. The van der Waals surface area contributed by atoms with Crippen LogP contribution >= 0.6 is 0 Å². The van der Waals surface area contributed by atoms with Crippen LogP contribution in [0.5, 0.6) is 0 Å². The van der Waals surface area contributed by atoms with E-state index >= 15 is 0 Å². The first-order chi connectivity index (χ1) is 4.46. The van der Waals surface area contributed by atoms with Gasteiger partial charge in [0.15, 0.2) is 0 Å². The van der Waals surface area contributed by atoms with Crippen LogP contribution in [0.2, 0.25) is 0 Å². The van der Waals surface area contributed by atoms with Crippen LogP contribution in [0.25, 0.3) is 0 Å². The van der Waals surface area contributed by atoms with Gasteiger partial charge >= 0.3 is 16.8 Å². The molecule has 0 unspecified atom stereocenters. The third-order valence-corrected chi connectivity index (χ3v) is 0. The Bertz CT molecular complexity index is 74.4. The van der Waals surface area contributed by atoms with E-state index in [1.807, 2.05) is 0 Å². The molecule has 69 valence electrons. The Morgan fingerprint density at radius 2 is 0.909 bits per heavy atom. The standard InChI is InChI=1S/CH4O.Co.2NO3/c1-2;;2*2-1(3)4/h2H,1H3;;;/q;+2;2*-1. The fraction of sp³-hybridized carbons (Fsp3) is 1.00. The Labute approximate surface area is 70.7 Å². The number of hydrogen-bond acceptors (Lipinski definition) is 7. The van der Waals surface area contributed by atoms with Gasteiger partial charge in [-0.05, 0) is 0 Å². The van der Waals surface area contributed by atoms with Crippen molar-refractivity contribution in [2.24, 2.45) is 0 Å². The Morgan fingerprint density at radius 3 is 0.909 bits per heavy atom. The van der Waals surface area contributed by atoms with Crippen LogP contribution in [0.4, 0.5) is 0 Å². The van der Waals surface area contributed by atoms with Gasteiger partial charge in [0.1, 0.15) is 0 Å². The van der Waals surface area contributed by atoms with Crippen molar-refractivity contribution in [2.75, 3.05) is 7.11 Å². The molecule has 0 saturated heterocycles. The number of aliphatic hydroxyl groups excluding tert-OH is 1. The second-order valence-electron chi connectivity index (χ2n) is 0.447. The van der Waals surface area contributed by atoms with Gasteiger partial charge in [0.25, 0.3) is 0 Å². The molecule has 9 nitrogen and oxygen atoms in total. The third kappa shape index (κ3) is 325. The Kier molecular flexibility index (Phi) is 47.5. The van der Waals surface area contributed by atoms with Gasteiger partial charge in [-0.25, -0.2) is 0 Å². The summed E-state index contributed by atoms with van der Waals surface area (Å²) in [6.07, 6.45) is 0. The van der Waals surface area contributed by atoms with Crippen molar-refractivity contribution in [3.8, 4) is 0 Å². The Morgan fingerprint density at radius 1 is 0.909 bits per heavy atom. The van der Waals surface area contributed by atoms with Crippen LogP contribution in [0.3, 0.4) is 0 Å². The summed E-state index contributed by atoms with van der Waals surface area (Å²) in [5.74, 6) is 0. The van der Waals surface area contributed by atoms with Gasteiger partial charge < -0.3 is 35.7 Å². The van der Waals surface area contributed by atoms with E-state index < -0.39 is 10.2 Å². The molecule has 0 saturated carbocycles. The molecule has 0 spiro atoms. The topological polar surface area (TPSA) is 153 Å². The van der Waals surface area contributed by atoms with Gasteiger partial charge in [0.05, 0.1) is 10.2 Å². The Balaban J connectivity index is -0.0000000339. The molecule has 0 amide bonds. The van der Waals surface area contributed by atoms with Gasteiger partial charge in [0, 0.05) is 7.11 Å². The fourth-order valence-electron chi connectivity index (χ4n) is 0. The summed E-state index contributed by atoms with van der Waals surface area (Å²) in [5, 5.41) is 36.5. The average Bonchev–Trinajstić information content (AvgIpc) is 1.66. The molecule has 0 aliphatic heterocycles. The normalized spacial score (nSPS) is 4.91. The summed E-state index contributed by atoms with van der Waals surface area (Å²) in [6, 6.07) is 0. The van der Waals surface area contributed by atoms with Gasteiger partial charge in [-0.2, -0.15) is 0 Å². The summed E-state index contributed by atoms with van der Waals surface area (Å²) in [5.41, 5.74) is 0. The van der Waals surface area contributed by atoms with E-state index in [9.17, 15) is 0 Å². The predicted molar refractivity (Wildman–Crippen MR) is 28.9 cm³/mol. The molecule has 0 atom stereocenters. The molecule has 0 rings (SSSR count). The molecule has 0 aromatic heterocycles. The van der Waals surface area contributed by atoms with Crippen molar-refractivity contribution >= 4 is 0 Å². The zero-order valence-corrected chi connectivity index (χ0v) is 6.17. The summed E-state index contributed by atoms with van der Waals surface area (Å²) < 4.78 is 0.